The van der Waals surface area contributed by atoms with Gasteiger partial charge in [0.25, 0.3) is 0 Å². The minimum Gasteiger partial charge on any atom is -0.370 e. The Morgan fingerprint density at radius 2 is 1.76 bits per heavy atom. The van der Waals surface area contributed by atoms with Crippen molar-refractivity contribution in [1.82, 2.24) is 15.1 Å². The van der Waals surface area contributed by atoms with E-state index in [2.05, 4.69) is 34.5 Å². The first-order valence-electron chi connectivity index (χ1n) is 10.3. The third-order valence-corrected chi connectivity index (χ3v) is 5.85. The van der Waals surface area contributed by atoms with Gasteiger partial charge in [0.15, 0.2) is 5.96 Å². The minimum atomic E-state index is 0. The number of amides is 1. The van der Waals surface area contributed by atoms with Crippen LogP contribution in [0.15, 0.2) is 29.3 Å². The quantitative estimate of drug-likeness (QED) is 0.316. The maximum Gasteiger partial charge on any atom is 0.242 e. The molecule has 0 unspecified atom stereocenters. The molecule has 0 saturated carbocycles. The highest BCUT2D eigenvalue weighted by Gasteiger charge is 2.15. The fourth-order valence-corrected chi connectivity index (χ4v) is 4.13. The largest absolute Gasteiger partial charge is 0.370 e. The van der Waals surface area contributed by atoms with Crippen molar-refractivity contribution in [3.63, 3.8) is 0 Å². The summed E-state index contributed by atoms with van der Waals surface area (Å²) in [6, 6.07) is 8.71. The second-order valence-corrected chi connectivity index (χ2v) is 8.08. The van der Waals surface area contributed by atoms with E-state index in [1.807, 2.05) is 49.4 Å². The van der Waals surface area contributed by atoms with E-state index in [1.165, 1.54) is 22.8 Å². The second kappa shape index (κ2) is 14.0. The number of carbonyl (C=O) groups excluding carboxylic acids is 1. The number of guanidine groups is 1. The van der Waals surface area contributed by atoms with Crippen LogP contribution < -0.4 is 10.2 Å². The molecule has 0 radical (unpaired) electrons. The van der Waals surface area contributed by atoms with Crippen LogP contribution in [0.4, 0.5) is 5.69 Å². The van der Waals surface area contributed by atoms with Gasteiger partial charge < -0.3 is 20.0 Å². The average Bonchev–Trinajstić information content (AvgIpc) is 2.73. The number of hydrogen-bond acceptors (Lipinski definition) is 4. The summed E-state index contributed by atoms with van der Waals surface area (Å²) in [6.45, 7) is 11.5. The van der Waals surface area contributed by atoms with Gasteiger partial charge >= 0.3 is 0 Å². The molecule has 1 heterocycles. The summed E-state index contributed by atoms with van der Waals surface area (Å²) in [5, 5.41) is 3.29. The number of halogens is 1. The summed E-state index contributed by atoms with van der Waals surface area (Å²) in [7, 11) is 1.92. The molecule has 2 rings (SSSR count). The van der Waals surface area contributed by atoms with E-state index in [4.69, 9.17) is 4.99 Å². The molecule has 1 N–H and O–H groups in total. The van der Waals surface area contributed by atoms with Crippen LogP contribution in [0.3, 0.4) is 0 Å². The highest BCUT2D eigenvalue weighted by atomic mass is 127. The Morgan fingerprint density at radius 3 is 2.31 bits per heavy atom. The number of benzene rings is 1. The van der Waals surface area contributed by atoms with E-state index in [9.17, 15) is 4.79 Å². The van der Waals surface area contributed by atoms with Crippen molar-refractivity contribution in [1.29, 1.82) is 0 Å². The molecule has 0 aromatic heterocycles. The summed E-state index contributed by atoms with van der Waals surface area (Å²) in [6.07, 6.45) is 0. The third-order valence-electron chi connectivity index (χ3n) is 4.91. The van der Waals surface area contributed by atoms with Gasteiger partial charge in [0.05, 0.1) is 13.1 Å². The fourth-order valence-electron chi connectivity index (χ4n) is 3.22. The number of thioether (sulfide) groups is 1. The lowest BCUT2D eigenvalue weighted by Crippen LogP contribution is -2.45. The predicted molar refractivity (Wildman–Crippen MR) is 137 cm³/mol. The van der Waals surface area contributed by atoms with Crippen molar-refractivity contribution in [2.45, 2.75) is 27.3 Å². The lowest BCUT2D eigenvalue weighted by atomic mass is 10.2. The van der Waals surface area contributed by atoms with Crippen LogP contribution in [-0.4, -0.2) is 79.5 Å². The van der Waals surface area contributed by atoms with E-state index in [0.29, 0.717) is 13.1 Å². The van der Waals surface area contributed by atoms with Crippen LogP contribution in [0.25, 0.3) is 0 Å². The van der Waals surface area contributed by atoms with Gasteiger partial charge in [-0.15, -0.1) is 24.0 Å². The molecule has 1 fully saturated rings. The predicted octanol–water partition coefficient (Wildman–Crippen LogP) is 3.12. The fraction of sp³-hybridized carbons (Fsp3) is 0.619. The zero-order valence-electron chi connectivity index (χ0n) is 18.2. The van der Waals surface area contributed by atoms with E-state index >= 15 is 0 Å². The molecule has 1 aromatic rings. The molecule has 1 aromatic carbocycles. The first kappa shape index (κ1) is 25.9. The zero-order chi connectivity index (χ0) is 20.4. The maximum atomic E-state index is 12.4. The van der Waals surface area contributed by atoms with Gasteiger partial charge in [0.1, 0.15) is 0 Å². The highest BCUT2D eigenvalue weighted by molar-refractivity contribution is 14.0. The summed E-state index contributed by atoms with van der Waals surface area (Å²) < 4.78 is 0. The van der Waals surface area contributed by atoms with Crippen molar-refractivity contribution in [3.05, 3.63) is 29.8 Å². The molecule has 1 saturated heterocycles. The molecule has 1 aliphatic rings. The summed E-state index contributed by atoms with van der Waals surface area (Å²) >= 11 is 2.03. The van der Waals surface area contributed by atoms with Gasteiger partial charge in [-0.2, -0.15) is 11.8 Å². The van der Waals surface area contributed by atoms with Crippen LogP contribution in [-0.2, 0) is 11.3 Å². The first-order valence-corrected chi connectivity index (χ1v) is 11.4. The number of carbonyl (C=O) groups is 1. The molecule has 29 heavy (non-hydrogen) atoms. The lowest BCUT2D eigenvalue weighted by molar-refractivity contribution is -0.131. The molecule has 0 atom stereocenters. The SMILES string of the molecule is CCNC(=NCc1ccc(N2CCSCC2)cc1)N(C)CC(=O)N(CC)CC.I. The van der Waals surface area contributed by atoms with Crippen molar-refractivity contribution >= 4 is 53.3 Å². The Hall–Kier alpha value is -1.16. The standard InChI is InChI=1S/C21H35N5OS.HI/c1-5-22-21(24(4)17-20(27)25(6-2)7-3)23-16-18-8-10-19(11-9-18)26-12-14-28-15-13-26;/h8-11H,5-7,12-17H2,1-4H3,(H,22,23);1H. The van der Waals surface area contributed by atoms with Gasteiger partial charge in [-0.1, -0.05) is 12.1 Å². The summed E-state index contributed by atoms with van der Waals surface area (Å²) in [5.41, 5.74) is 2.47. The zero-order valence-corrected chi connectivity index (χ0v) is 21.3. The normalized spacial score (nSPS) is 14.2. The molecule has 0 spiro atoms. The first-order chi connectivity index (χ1) is 13.6. The highest BCUT2D eigenvalue weighted by Crippen LogP contribution is 2.20. The van der Waals surface area contributed by atoms with Crippen molar-refractivity contribution in [2.75, 3.05) is 62.7 Å². The van der Waals surface area contributed by atoms with Crippen LogP contribution in [0.1, 0.15) is 26.3 Å². The Kier molecular flexibility index (Phi) is 12.4. The second-order valence-electron chi connectivity index (χ2n) is 6.86. The number of rotatable bonds is 8. The minimum absolute atomic E-state index is 0. The molecule has 8 heteroatoms. The van der Waals surface area contributed by atoms with Crippen molar-refractivity contribution in [3.8, 4) is 0 Å². The number of likely N-dealkylation sites (N-methyl/N-ethyl adjacent to an activating group) is 2. The Balaban J connectivity index is 0.00000420. The van der Waals surface area contributed by atoms with Crippen LogP contribution in [0, 0.1) is 0 Å². The Labute approximate surface area is 197 Å². The van der Waals surface area contributed by atoms with E-state index in [1.54, 1.807) is 0 Å². The van der Waals surface area contributed by atoms with Crippen molar-refractivity contribution in [2.24, 2.45) is 4.99 Å². The van der Waals surface area contributed by atoms with Crippen LogP contribution in [0.5, 0.6) is 0 Å². The summed E-state index contributed by atoms with van der Waals surface area (Å²) in [5.74, 6) is 3.30. The lowest BCUT2D eigenvalue weighted by Gasteiger charge is -2.28. The number of nitrogens with zero attached hydrogens (tertiary/aromatic N) is 4. The molecule has 0 aliphatic carbocycles. The molecular formula is C21H36IN5OS. The number of aliphatic imine (C=N–C) groups is 1. The molecule has 164 valence electrons. The van der Waals surface area contributed by atoms with Gasteiger partial charge in [0.2, 0.25) is 5.91 Å². The van der Waals surface area contributed by atoms with Crippen LogP contribution >= 0.6 is 35.7 Å². The van der Waals surface area contributed by atoms with Crippen LogP contribution in [0.2, 0.25) is 0 Å². The molecule has 1 amide bonds. The van der Waals surface area contributed by atoms with Gasteiger partial charge in [-0.3, -0.25) is 4.79 Å². The molecule has 0 bridgehead atoms. The van der Waals surface area contributed by atoms with Crippen molar-refractivity contribution < 1.29 is 4.79 Å². The van der Waals surface area contributed by atoms with Gasteiger partial charge in [-0.05, 0) is 38.5 Å². The Morgan fingerprint density at radius 1 is 1.14 bits per heavy atom. The van der Waals surface area contributed by atoms with E-state index in [-0.39, 0.29) is 29.9 Å². The number of nitrogens with one attached hydrogen (secondary N) is 1. The molecular weight excluding hydrogens is 497 g/mol. The van der Waals surface area contributed by atoms with Gasteiger partial charge in [-0.25, -0.2) is 4.99 Å². The topological polar surface area (TPSA) is 51.2 Å². The van der Waals surface area contributed by atoms with E-state index < -0.39 is 0 Å². The number of anilines is 1. The van der Waals surface area contributed by atoms with E-state index in [0.717, 1.165) is 38.7 Å². The molecule has 6 nitrogen and oxygen atoms in total. The maximum absolute atomic E-state index is 12.4. The average molecular weight is 534 g/mol. The molecule has 1 aliphatic heterocycles. The number of hydrogen-bond donors (Lipinski definition) is 1. The Bertz CT molecular complexity index is 630. The summed E-state index contributed by atoms with van der Waals surface area (Å²) in [4.78, 5) is 23.3. The monoisotopic (exact) mass is 533 g/mol. The third kappa shape index (κ3) is 8.24. The smallest absolute Gasteiger partial charge is 0.242 e. The van der Waals surface area contributed by atoms with Gasteiger partial charge in [0, 0.05) is 57.0 Å².